The Morgan fingerprint density at radius 2 is 1.41 bits per heavy atom. The molecule has 0 aliphatic heterocycles. The Kier molecular flexibility index (Phi) is 5.20. The quantitative estimate of drug-likeness (QED) is 0.732. The van der Waals surface area contributed by atoms with Crippen molar-refractivity contribution in [3.63, 3.8) is 0 Å². The zero-order valence-electron chi connectivity index (χ0n) is 16.6. The van der Waals surface area contributed by atoms with Gasteiger partial charge >= 0.3 is 0 Å². The van der Waals surface area contributed by atoms with Crippen molar-refractivity contribution in [2.45, 2.75) is 57.0 Å². The van der Waals surface area contributed by atoms with Crippen LogP contribution in [0.15, 0.2) is 84.5 Å². The van der Waals surface area contributed by atoms with Crippen LogP contribution in [0.2, 0.25) is 5.04 Å². The first kappa shape index (κ1) is 18.5. The topological polar surface area (TPSA) is 12.0 Å². The number of allylic oxidation sites excluding steroid dienone is 4. The van der Waals surface area contributed by atoms with Crippen molar-refractivity contribution in [2.24, 2.45) is 0 Å². The van der Waals surface area contributed by atoms with Gasteiger partial charge in [-0.25, -0.2) is 0 Å². The summed E-state index contributed by atoms with van der Waals surface area (Å²) < 4.78 is 0. The zero-order chi connectivity index (χ0) is 18.7. The van der Waals surface area contributed by atoms with E-state index in [1.54, 1.807) is 0 Å². The molecule has 0 amide bonds. The third-order valence-corrected chi connectivity index (χ3v) is 11.6. The molecule has 2 aliphatic carbocycles. The van der Waals surface area contributed by atoms with Crippen LogP contribution in [-0.2, 0) is 0 Å². The van der Waals surface area contributed by atoms with Gasteiger partial charge in [-0.15, -0.1) is 0 Å². The van der Waals surface area contributed by atoms with Gasteiger partial charge in [-0.3, -0.25) is 0 Å². The molecule has 4 rings (SSSR count). The first-order chi connectivity index (χ1) is 13.1. The SMILES string of the molecule is CC1=CC(C)([Si](NC2CCCCC2)(c2ccccc2)c2ccccc2)C=C1. The number of hydrogen-bond acceptors (Lipinski definition) is 1. The highest BCUT2D eigenvalue weighted by Crippen LogP contribution is 2.44. The van der Waals surface area contributed by atoms with Gasteiger partial charge in [0.25, 0.3) is 0 Å². The van der Waals surface area contributed by atoms with Crippen LogP contribution in [-0.4, -0.2) is 14.3 Å². The summed E-state index contributed by atoms with van der Waals surface area (Å²) in [6.45, 7) is 4.68. The Hall–Kier alpha value is -1.90. The molecule has 0 spiro atoms. The summed E-state index contributed by atoms with van der Waals surface area (Å²) in [5, 5.41) is 3.00. The van der Waals surface area contributed by atoms with Gasteiger partial charge in [0.1, 0.15) is 0 Å². The maximum Gasteiger partial charge on any atom is 0.203 e. The summed E-state index contributed by atoms with van der Waals surface area (Å²) in [6.07, 6.45) is 14.0. The number of hydrogen-bond donors (Lipinski definition) is 1. The molecule has 2 heteroatoms. The molecule has 1 nitrogen and oxygen atoms in total. The number of benzene rings is 2. The Balaban J connectivity index is 1.92. The molecule has 27 heavy (non-hydrogen) atoms. The molecule has 1 fully saturated rings. The Morgan fingerprint density at radius 3 is 1.89 bits per heavy atom. The fraction of sp³-hybridized carbons (Fsp3) is 0.360. The van der Waals surface area contributed by atoms with Gasteiger partial charge in [0.05, 0.1) is 0 Å². The van der Waals surface area contributed by atoms with E-state index < -0.39 is 8.24 Å². The van der Waals surface area contributed by atoms with E-state index >= 15 is 0 Å². The molecule has 1 atom stereocenters. The Morgan fingerprint density at radius 1 is 0.852 bits per heavy atom. The molecule has 0 bridgehead atoms. The number of nitrogens with one attached hydrogen (secondary N) is 1. The lowest BCUT2D eigenvalue weighted by molar-refractivity contribution is 0.413. The summed E-state index contributed by atoms with van der Waals surface area (Å²) in [5.74, 6) is 0. The van der Waals surface area contributed by atoms with Gasteiger partial charge in [0.2, 0.25) is 8.24 Å². The fourth-order valence-corrected chi connectivity index (χ4v) is 10.4. The first-order valence-corrected chi connectivity index (χ1v) is 12.4. The largest absolute Gasteiger partial charge is 0.327 e. The van der Waals surface area contributed by atoms with Crippen molar-refractivity contribution in [3.05, 3.63) is 84.5 Å². The maximum absolute atomic E-state index is 4.35. The van der Waals surface area contributed by atoms with Crippen molar-refractivity contribution >= 4 is 18.6 Å². The minimum atomic E-state index is -2.28. The molecule has 2 aromatic rings. The second kappa shape index (κ2) is 7.61. The van der Waals surface area contributed by atoms with Crippen LogP contribution < -0.4 is 15.4 Å². The lowest BCUT2D eigenvalue weighted by Crippen LogP contribution is -2.76. The van der Waals surface area contributed by atoms with Crippen LogP contribution in [0.4, 0.5) is 0 Å². The van der Waals surface area contributed by atoms with Crippen LogP contribution in [0, 0.1) is 0 Å². The molecule has 1 unspecified atom stereocenters. The van der Waals surface area contributed by atoms with Crippen LogP contribution in [0.25, 0.3) is 0 Å². The molecule has 1 N–H and O–H groups in total. The molecule has 0 saturated heterocycles. The predicted molar refractivity (Wildman–Crippen MR) is 119 cm³/mol. The van der Waals surface area contributed by atoms with Crippen LogP contribution in [0.5, 0.6) is 0 Å². The lowest BCUT2D eigenvalue weighted by atomic mass is 9.96. The number of rotatable bonds is 5. The average molecular weight is 374 g/mol. The van der Waals surface area contributed by atoms with Crippen molar-refractivity contribution in [3.8, 4) is 0 Å². The Labute approximate surface area is 165 Å². The minimum absolute atomic E-state index is 0.0250. The molecular formula is C25H31NSi. The highest BCUT2D eigenvalue weighted by Gasteiger charge is 2.53. The van der Waals surface area contributed by atoms with Gasteiger partial charge < -0.3 is 4.98 Å². The summed E-state index contributed by atoms with van der Waals surface area (Å²) in [5.41, 5.74) is 1.38. The molecular weight excluding hydrogens is 342 g/mol. The lowest BCUT2D eigenvalue weighted by Gasteiger charge is -2.47. The van der Waals surface area contributed by atoms with Crippen LogP contribution >= 0.6 is 0 Å². The molecule has 2 aliphatic rings. The summed E-state index contributed by atoms with van der Waals surface area (Å²) in [6, 6.07) is 23.2. The first-order valence-electron chi connectivity index (χ1n) is 10.4. The molecule has 1 saturated carbocycles. The van der Waals surface area contributed by atoms with Gasteiger partial charge in [-0.05, 0) is 30.1 Å². The second-order valence-electron chi connectivity index (χ2n) is 8.47. The minimum Gasteiger partial charge on any atom is -0.327 e. The maximum atomic E-state index is 4.35. The van der Waals surface area contributed by atoms with E-state index in [1.165, 1.54) is 48.1 Å². The van der Waals surface area contributed by atoms with Gasteiger partial charge in [0.15, 0.2) is 0 Å². The van der Waals surface area contributed by atoms with E-state index in [0.717, 1.165) is 0 Å². The zero-order valence-corrected chi connectivity index (χ0v) is 17.6. The third kappa shape index (κ3) is 3.37. The van der Waals surface area contributed by atoms with Gasteiger partial charge in [-0.2, -0.15) is 0 Å². The van der Waals surface area contributed by atoms with E-state index in [4.69, 9.17) is 0 Å². The monoisotopic (exact) mass is 373 g/mol. The van der Waals surface area contributed by atoms with Crippen molar-refractivity contribution < 1.29 is 0 Å². The van der Waals surface area contributed by atoms with Crippen LogP contribution in [0.3, 0.4) is 0 Å². The van der Waals surface area contributed by atoms with E-state index in [2.05, 4.69) is 97.7 Å². The molecule has 140 valence electrons. The van der Waals surface area contributed by atoms with E-state index in [9.17, 15) is 0 Å². The van der Waals surface area contributed by atoms with Crippen molar-refractivity contribution in [2.75, 3.05) is 0 Å². The predicted octanol–water partition coefficient (Wildman–Crippen LogP) is 4.95. The van der Waals surface area contributed by atoms with E-state index in [1.807, 2.05) is 0 Å². The summed E-state index contributed by atoms with van der Waals surface area (Å²) >= 11 is 0. The van der Waals surface area contributed by atoms with Gasteiger partial charge in [-0.1, -0.05) is 111 Å². The average Bonchev–Trinajstić information content (AvgIpc) is 3.08. The smallest absolute Gasteiger partial charge is 0.203 e. The highest BCUT2D eigenvalue weighted by molar-refractivity contribution is 7.03. The van der Waals surface area contributed by atoms with Crippen LogP contribution in [0.1, 0.15) is 46.0 Å². The van der Waals surface area contributed by atoms with E-state index in [0.29, 0.717) is 6.04 Å². The fourth-order valence-electron chi connectivity index (χ4n) is 5.15. The highest BCUT2D eigenvalue weighted by atomic mass is 28.3. The summed E-state index contributed by atoms with van der Waals surface area (Å²) in [4.78, 5) is 4.35. The molecule has 0 aromatic heterocycles. The van der Waals surface area contributed by atoms with Crippen molar-refractivity contribution in [1.82, 2.24) is 4.98 Å². The van der Waals surface area contributed by atoms with E-state index in [-0.39, 0.29) is 5.04 Å². The standard InChI is InChI=1S/C25H31NSi/c1-21-18-19-25(2,20-21)27(23-14-8-4-9-15-23,24-16-10-5-11-17-24)26-22-12-6-3-7-13-22/h4-5,8-11,14-20,22,26H,3,6-7,12-13H2,1-2H3. The molecule has 2 aromatic carbocycles. The third-order valence-electron chi connectivity index (χ3n) is 6.47. The Bertz CT molecular complexity index is 778. The summed E-state index contributed by atoms with van der Waals surface area (Å²) in [7, 11) is -2.28. The molecule has 0 heterocycles. The van der Waals surface area contributed by atoms with Gasteiger partial charge in [0, 0.05) is 11.1 Å². The molecule has 0 radical (unpaired) electrons. The van der Waals surface area contributed by atoms with Crippen molar-refractivity contribution in [1.29, 1.82) is 0 Å². The normalized spacial score (nSPS) is 23.4. The second-order valence-corrected chi connectivity index (χ2v) is 12.5.